The molecule has 2 aromatic carbocycles. The van der Waals surface area contributed by atoms with E-state index in [1.54, 1.807) is 12.1 Å². The van der Waals surface area contributed by atoms with E-state index < -0.39 is 5.41 Å². The zero-order valence-corrected chi connectivity index (χ0v) is 16.6. The van der Waals surface area contributed by atoms with Gasteiger partial charge in [0.1, 0.15) is 13.2 Å². The van der Waals surface area contributed by atoms with E-state index in [0.717, 1.165) is 43.2 Å². The highest BCUT2D eigenvalue weighted by Crippen LogP contribution is 2.44. The Labute approximate surface area is 170 Å². The summed E-state index contributed by atoms with van der Waals surface area (Å²) in [4.78, 5) is 25.6. The molecule has 6 heteroatoms. The predicted molar refractivity (Wildman–Crippen MR) is 109 cm³/mol. The summed E-state index contributed by atoms with van der Waals surface area (Å²) < 4.78 is 11.3. The van der Waals surface area contributed by atoms with Gasteiger partial charge in [0.2, 0.25) is 5.91 Å². The number of aryl methyl sites for hydroxylation is 1. The Morgan fingerprint density at radius 3 is 2.31 bits per heavy atom. The molecule has 0 atom stereocenters. The Bertz CT molecular complexity index is 902. The molecule has 0 unspecified atom stereocenters. The summed E-state index contributed by atoms with van der Waals surface area (Å²) in [5.74, 6) is 0.867. The molecular weight excluding hydrogens is 368 g/mol. The van der Waals surface area contributed by atoms with E-state index in [0.29, 0.717) is 30.3 Å². The van der Waals surface area contributed by atoms with Gasteiger partial charge < -0.3 is 9.47 Å². The lowest BCUT2D eigenvalue weighted by Gasteiger charge is -2.29. The van der Waals surface area contributed by atoms with Crippen LogP contribution in [0.2, 0.25) is 0 Å². The maximum atomic E-state index is 13.2. The van der Waals surface area contributed by atoms with Gasteiger partial charge in [0.25, 0.3) is 5.91 Å². The number of benzene rings is 2. The third-order valence-electron chi connectivity index (χ3n) is 5.90. The van der Waals surface area contributed by atoms with Crippen LogP contribution in [0.3, 0.4) is 0 Å². The van der Waals surface area contributed by atoms with E-state index in [4.69, 9.17) is 9.47 Å². The topological polar surface area (TPSA) is 76.7 Å². The van der Waals surface area contributed by atoms with Crippen LogP contribution in [0.5, 0.6) is 11.5 Å². The molecule has 2 amide bonds. The summed E-state index contributed by atoms with van der Waals surface area (Å²) in [6.45, 7) is 3.10. The third-order valence-corrected chi connectivity index (χ3v) is 5.90. The molecule has 2 N–H and O–H groups in total. The fraction of sp³-hybridized carbons (Fsp3) is 0.391. The molecule has 1 aliphatic heterocycles. The first-order valence-electron chi connectivity index (χ1n) is 10.2. The highest BCUT2D eigenvalue weighted by molar-refractivity contribution is 5.97. The second-order valence-corrected chi connectivity index (χ2v) is 7.61. The molecule has 2 aromatic rings. The van der Waals surface area contributed by atoms with Gasteiger partial charge in [-0.05, 0) is 54.7 Å². The van der Waals surface area contributed by atoms with Gasteiger partial charge in [-0.25, -0.2) is 0 Å². The number of nitrogens with one attached hydrogen (secondary N) is 2. The van der Waals surface area contributed by atoms with Crippen molar-refractivity contribution in [1.29, 1.82) is 0 Å². The SMILES string of the molecule is CCc1ccc(C(=O)NNC(=O)C2(c3ccc4c(c3)OCCO4)CCCC2)cc1. The van der Waals surface area contributed by atoms with E-state index in [1.807, 2.05) is 30.3 Å². The van der Waals surface area contributed by atoms with Gasteiger partial charge in [-0.2, -0.15) is 0 Å². The van der Waals surface area contributed by atoms with E-state index >= 15 is 0 Å². The number of hydrogen-bond acceptors (Lipinski definition) is 4. The first kappa shape index (κ1) is 19.3. The van der Waals surface area contributed by atoms with Gasteiger partial charge in [-0.1, -0.05) is 38.0 Å². The maximum Gasteiger partial charge on any atom is 0.269 e. The molecule has 0 bridgehead atoms. The van der Waals surface area contributed by atoms with Crippen LogP contribution in [-0.2, 0) is 16.6 Å². The fourth-order valence-corrected chi connectivity index (χ4v) is 4.16. The summed E-state index contributed by atoms with van der Waals surface area (Å²) in [6.07, 6.45) is 4.32. The van der Waals surface area contributed by atoms with Crippen LogP contribution < -0.4 is 20.3 Å². The minimum Gasteiger partial charge on any atom is -0.486 e. The molecule has 1 heterocycles. The average Bonchev–Trinajstić information content (AvgIpc) is 3.28. The van der Waals surface area contributed by atoms with Crippen LogP contribution in [0.1, 0.15) is 54.1 Å². The Morgan fingerprint density at radius 2 is 1.62 bits per heavy atom. The van der Waals surface area contributed by atoms with E-state index in [1.165, 1.54) is 0 Å². The van der Waals surface area contributed by atoms with Gasteiger partial charge in [0.15, 0.2) is 11.5 Å². The van der Waals surface area contributed by atoms with E-state index in [-0.39, 0.29) is 11.8 Å². The quantitative estimate of drug-likeness (QED) is 0.780. The van der Waals surface area contributed by atoms with Gasteiger partial charge >= 0.3 is 0 Å². The first-order valence-corrected chi connectivity index (χ1v) is 10.2. The van der Waals surface area contributed by atoms with Gasteiger partial charge in [0, 0.05) is 5.56 Å². The molecule has 0 radical (unpaired) electrons. The molecule has 0 spiro atoms. The number of rotatable bonds is 4. The summed E-state index contributed by atoms with van der Waals surface area (Å²) in [7, 11) is 0. The fourth-order valence-electron chi connectivity index (χ4n) is 4.16. The summed E-state index contributed by atoms with van der Waals surface area (Å²) in [6, 6.07) is 13.1. The summed E-state index contributed by atoms with van der Waals surface area (Å²) in [5.41, 5.74) is 7.14. The Hall–Kier alpha value is -3.02. The number of amides is 2. The summed E-state index contributed by atoms with van der Waals surface area (Å²) >= 11 is 0. The number of carbonyl (C=O) groups is 2. The summed E-state index contributed by atoms with van der Waals surface area (Å²) in [5, 5.41) is 0. The third kappa shape index (κ3) is 3.79. The Kier molecular flexibility index (Phi) is 5.43. The van der Waals surface area contributed by atoms with Crippen molar-refractivity contribution in [2.24, 2.45) is 0 Å². The highest BCUT2D eigenvalue weighted by Gasteiger charge is 2.43. The van der Waals surface area contributed by atoms with Crippen molar-refractivity contribution in [2.75, 3.05) is 13.2 Å². The number of hydrogen-bond donors (Lipinski definition) is 2. The van der Waals surface area contributed by atoms with E-state index in [9.17, 15) is 9.59 Å². The van der Waals surface area contributed by atoms with Gasteiger partial charge in [-0.3, -0.25) is 20.4 Å². The van der Waals surface area contributed by atoms with Gasteiger partial charge in [0.05, 0.1) is 5.41 Å². The van der Waals surface area contributed by atoms with Crippen LogP contribution in [0.25, 0.3) is 0 Å². The lowest BCUT2D eigenvalue weighted by Crippen LogP contribution is -2.50. The molecule has 4 rings (SSSR count). The van der Waals surface area contributed by atoms with Crippen molar-refractivity contribution in [3.8, 4) is 11.5 Å². The molecule has 1 fully saturated rings. The van der Waals surface area contributed by atoms with Crippen molar-refractivity contribution in [1.82, 2.24) is 10.9 Å². The van der Waals surface area contributed by atoms with Gasteiger partial charge in [-0.15, -0.1) is 0 Å². The van der Waals surface area contributed by atoms with Crippen molar-refractivity contribution in [2.45, 2.75) is 44.4 Å². The van der Waals surface area contributed by atoms with Crippen molar-refractivity contribution < 1.29 is 19.1 Å². The molecule has 29 heavy (non-hydrogen) atoms. The van der Waals surface area contributed by atoms with Crippen molar-refractivity contribution in [3.05, 3.63) is 59.2 Å². The molecular formula is C23H26N2O4. The second kappa shape index (κ2) is 8.15. The van der Waals surface area contributed by atoms with Crippen LogP contribution in [0.15, 0.2) is 42.5 Å². The number of fused-ring (bicyclic) bond motifs is 1. The standard InChI is InChI=1S/C23H26N2O4/c1-2-16-5-7-17(8-6-16)21(26)24-25-22(27)23(11-3-4-12-23)18-9-10-19-20(15-18)29-14-13-28-19/h5-10,15H,2-4,11-14H2,1H3,(H,24,26)(H,25,27). The largest absolute Gasteiger partial charge is 0.486 e. The normalized spacial score (nSPS) is 16.9. The Balaban J connectivity index is 1.49. The molecule has 6 nitrogen and oxygen atoms in total. The first-order chi connectivity index (χ1) is 14.1. The lowest BCUT2D eigenvalue weighted by molar-refractivity contribution is -0.127. The van der Waals surface area contributed by atoms with Crippen LogP contribution in [-0.4, -0.2) is 25.0 Å². The van der Waals surface area contributed by atoms with Crippen molar-refractivity contribution in [3.63, 3.8) is 0 Å². The van der Waals surface area contributed by atoms with E-state index in [2.05, 4.69) is 17.8 Å². The minimum absolute atomic E-state index is 0.190. The Morgan fingerprint density at radius 1 is 0.931 bits per heavy atom. The van der Waals surface area contributed by atoms with Crippen LogP contribution in [0.4, 0.5) is 0 Å². The van der Waals surface area contributed by atoms with Crippen molar-refractivity contribution >= 4 is 11.8 Å². The monoisotopic (exact) mass is 394 g/mol. The molecule has 0 saturated heterocycles. The lowest BCUT2D eigenvalue weighted by atomic mass is 9.78. The van der Waals surface area contributed by atoms with Crippen LogP contribution >= 0.6 is 0 Å². The molecule has 1 saturated carbocycles. The maximum absolute atomic E-state index is 13.2. The minimum atomic E-state index is -0.671. The molecule has 1 aliphatic carbocycles. The molecule has 0 aromatic heterocycles. The zero-order chi connectivity index (χ0) is 20.3. The predicted octanol–water partition coefficient (Wildman–Crippen LogP) is 3.29. The molecule has 2 aliphatic rings. The molecule has 152 valence electrons. The number of carbonyl (C=O) groups excluding carboxylic acids is 2. The highest BCUT2D eigenvalue weighted by atomic mass is 16.6. The second-order valence-electron chi connectivity index (χ2n) is 7.61. The zero-order valence-electron chi connectivity index (χ0n) is 16.6. The average molecular weight is 394 g/mol. The smallest absolute Gasteiger partial charge is 0.269 e. The number of hydrazine groups is 1. The number of ether oxygens (including phenoxy) is 2. The van der Waals surface area contributed by atoms with Crippen LogP contribution in [0, 0.1) is 0 Å².